The highest BCUT2D eigenvalue weighted by atomic mass is 19.1. The summed E-state index contributed by atoms with van der Waals surface area (Å²) >= 11 is 0. The van der Waals surface area contributed by atoms with Gasteiger partial charge in [-0.15, -0.1) is 0 Å². The molecule has 0 radical (unpaired) electrons. The van der Waals surface area contributed by atoms with Crippen molar-refractivity contribution in [3.8, 4) is 22.3 Å². The molecule has 6 rings (SSSR count). The smallest absolute Gasteiger partial charge is 0.429 e. The van der Waals surface area contributed by atoms with Crippen molar-refractivity contribution in [2.75, 3.05) is 10.6 Å². The topological polar surface area (TPSA) is 180 Å². The van der Waals surface area contributed by atoms with Gasteiger partial charge in [0.1, 0.15) is 24.8 Å². The maximum Gasteiger partial charge on any atom is 0.508 e. The maximum atomic E-state index is 13.3. The second-order valence-corrected chi connectivity index (χ2v) is 12.9. The van der Waals surface area contributed by atoms with Crippen LogP contribution in [0.5, 0.6) is 0 Å². The number of nitrogens with zero attached hydrogens (tertiary/aromatic N) is 2. The number of carbonyl (C=O) groups excluding carboxylic acids is 3. The number of hydrogen-bond acceptors (Lipinski definition) is 9. The summed E-state index contributed by atoms with van der Waals surface area (Å²) in [6, 6.07) is 32.1. The van der Waals surface area contributed by atoms with Gasteiger partial charge in [0, 0.05) is 35.6 Å². The van der Waals surface area contributed by atoms with Crippen LogP contribution in [0.3, 0.4) is 0 Å². The number of nitro benzene ring substituents is 2. The number of nitro groups is 2. The Morgan fingerprint density at radius 3 is 1.22 bits per heavy atom. The van der Waals surface area contributed by atoms with E-state index in [0.717, 1.165) is 0 Å². The molecule has 0 saturated carbocycles. The van der Waals surface area contributed by atoms with E-state index in [-0.39, 0.29) is 49.2 Å². The summed E-state index contributed by atoms with van der Waals surface area (Å²) in [6.45, 7) is -0.577. The van der Waals surface area contributed by atoms with E-state index in [0.29, 0.717) is 55.9 Å². The van der Waals surface area contributed by atoms with Crippen LogP contribution in [-0.4, -0.2) is 27.8 Å². The van der Waals surface area contributed by atoms with Gasteiger partial charge in [0.2, 0.25) is 11.8 Å². The van der Waals surface area contributed by atoms with E-state index in [9.17, 15) is 43.4 Å². The van der Waals surface area contributed by atoms with Gasteiger partial charge in [-0.05, 0) is 117 Å². The van der Waals surface area contributed by atoms with E-state index >= 15 is 0 Å². The van der Waals surface area contributed by atoms with Crippen molar-refractivity contribution in [3.05, 3.63) is 188 Å². The lowest BCUT2D eigenvalue weighted by Crippen LogP contribution is -2.15. The Hall–Kier alpha value is -7.81. The van der Waals surface area contributed by atoms with E-state index in [1.54, 1.807) is 36.4 Å². The molecular weight excluding hydrogens is 754 g/mol. The summed E-state index contributed by atoms with van der Waals surface area (Å²) in [6.07, 6.45) is -1.09. The first kappa shape index (κ1) is 39.9. The van der Waals surface area contributed by atoms with Crippen molar-refractivity contribution in [2.45, 2.75) is 26.1 Å². The minimum atomic E-state index is -1.04. The minimum absolute atomic E-state index is 0.0232. The van der Waals surface area contributed by atoms with Crippen LogP contribution in [0.1, 0.15) is 22.3 Å². The highest BCUT2D eigenvalue weighted by Gasteiger charge is 2.17. The molecule has 0 heterocycles. The fourth-order valence-electron chi connectivity index (χ4n) is 5.92. The summed E-state index contributed by atoms with van der Waals surface area (Å²) in [5.41, 5.74) is 4.72. The van der Waals surface area contributed by atoms with Gasteiger partial charge in [-0.1, -0.05) is 36.4 Å². The third-order valence-corrected chi connectivity index (χ3v) is 8.81. The van der Waals surface area contributed by atoms with Gasteiger partial charge in [0.25, 0.3) is 11.4 Å². The van der Waals surface area contributed by atoms with E-state index in [4.69, 9.17) is 9.47 Å². The van der Waals surface area contributed by atoms with Crippen LogP contribution in [0.15, 0.2) is 133 Å². The number of nitrogens with one attached hydrogen (secondary N) is 2. The molecule has 0 aliphatic heterocycles. The van der Waals surface area contributed by atoms with Crippen LogP contribution in [0, 0.1) is 31.9 Å². The fourth-order valence-corrected chi connectivity index (χ4v) is 5.92. The average Bonchev–Trinajstić information content (AvgIpc) is 3.21. The molecule has 0 fully saturated rings. The van der Waals surface area contributed by atoms with Gasteiger partial charge in [0.15, 0.2) is 0 Å². The van der Waals surface area contributed by atoms with Gasteiger partial charge in [-0.3, -0.25) is 29.8 Å². The predicted molar refractivity (Wildman–Crippen MR) is 210 cm³/mol. The van der Waals surface area contributed by atoms with Crippen molar-refractivity contribution in [3.63, 3.8) is 0 Å². The fraction of sp³-hybridized carbons (Fsp3) is 0.0930. The summed E-state index contributed by atoms with van der Waals surface area (Å²) in [5, 5.41) is 28.1. The number of benzene rings is 6. The third kappa shape index (κ3) is 10.7. The number of hydrogen-bond donors (Lipinski definition) is 2. The first-order valence-corrected chi connectivity index (χ1v) is 17.5. The normalized spacial score (nSPS) is 10.7. The lowest BCUT2D eigenvalue weighted by Gasteiger charge is -2.15. The van der Waals surface area contributed by atoms with Gasteiger partial charge < -0.3 is 20.1 Å². The Balaban J connectivity index is 1.17. The Kier molecular flexibility index (Phi) is 12.5. The van der Waals surface area contributed by atoms with Gasteiger partial charge in [0.05, 0.1) is 22.7 Å². The molecule has 0 unspecified atom stereocenters. The zero-order valence-corrected chi connectivity index (χ0v) is 30.4. The Labute approximate surface area is 329 Å². The van der Waals surface area contributed by atoms with Crippen LogP contribution in [0.25, 0.3) is 22.3 Å². The number of amides is 2. The minimum Gasteiger partial charge on any atom is -0.429 e. The number of ether oxygens (including phenoxy) is 2. The molecule has 0 aliphatic carbocycles. The highest BCUT2D eigenvalue weighted by molar-refractivity contribution is 5.94. The quantitative estimate of drug-likeness (QED) is 0.0618. The van der Waals surface area contributed by atoms with Crippen LogP contribution in [-0.2, 0) is 45.1 Å². The maximum absolute atomic E-state index is 13.3. The number of rotatable bonds is 14. The largest absolute Gasteiger partial charge is 0.508 e. The number of anilines is 2. The Morgan fingerprint density at radius 2 is 0.879 bits per heavy atom. The predicted octanol–water partition coefficient (Wildman–Crippen LogP) is 9.33. The van der Waals surface area contributed by atoms with Crippen molar-refractivity contribution >= 4 is 40.7 Å². The molecule has 0 aliphatic rings. The zero-order chi connectivity index (χ0) is 41.2. The molecule has 15 heteroatoms. The molecule has 2 N–H and O–H groups in total. The van der Waals surface area contributed by atoms with Crippen molar-refractivity contribution in [1.82, 2.24) is 0 Å². The van der Waals surface area contributed by atoms with Gasteiger partial charge in [-0.25, -0.2) is 13.6 Å². The second kappa shape index (κ2) is 18.2. The highest BCUT2D eigenvalue weighted by Crippen LogP contribution is 2.32. The van der Waals surface area contributed by atoms with E-state index in [2.05, 4.69) is 10.6 Å². The molecule has 0 bridgehead atoms. The second-order valence-electron chi connectivity index (χ2n) is 12.9. The number of halogens is 2. The first-order valence-electron chi connectivity index (χ1n) is 17.5. The summed E-state index contributed by atoms with van der Waals surface area (Å²) in [4.78, 5) is 60.1. The van der Waals surface area contributed by atoms with Crippen LogP contribution in [0.4, 0.5) is 36.3 Å². The third-order valence-electron chi connectivity index (χ3n) is 8.81. The monoisotopic (exact) mass is 786 g/mol. The molecule has 0 aromatic heterocycles. The molecule has 58 heavy (non-hydrogen) atoms. The SMILES string of the molecule is O=C(Cc1ccc(F)cc1)Nc1ccc(COC(=O)OCc2ccc(NC(=O)Cc3ccc(F)cc3)cc2-c2ccc([N+](=O)[O-])cc2)c(-c2ccc([N+](=O)[O-])cc2)c1. The summed E-state index contributed by atoms with van der Waals surface area (Å²) in [7, 11) is 0. The molecule has 13 nitrogen and oxygen atoms in total. The zero-order valence-electron chi connectivity index (χ0n) is 30.4. The van der Waals surface area contributed by atoms with E-state index in [1.165, 1.54) is 97.1 Å². The average molecular weight is 787 g/mol. The van der Waals surface area contributed by atoms with Crippen LogP contribution in [0.2, 0.25) is 0 Å². The van der Waals surface area contributed by atoms with Crippen LogP contribution < -0.4 is 10.6 Å². The first-order chi connectivity index (χ1) is 27.9. The molecule has 0 saturated heterocycles. The lowest BCUT2D eigenvalue weighted by molar-refractivity contribution is -0.385. The Morgan fingerprint density at radius 1 is 0.517 bits per heavy atom. The molecule has 6 aromatic rings. The van der Waals surface area contributed by atoms with Crippen molar-refractivity contribution in [2.24, 2.45) is 0 Å². The molecule has 2 amide bonds. The number of carbonyl (C=O) groups is 3. The summed E-state index contributed by atoms with van der Waals surface area (Å²) in [5.74, 6) is -1.60. The van der Waals surface area contributed by atoms with E-state index < -0.39 is 27.6 Å². The molecule has 0 atom stereocenters. The lowest BCUT2D eigenvalue weighted by atomic mass is 9.98. The van der Waals surface area contributed by atoms with Crippen LogP contribution >= 0.6 is 0 Å². The molecule has 6 aromatic carbocycles. The summed E-state index contributed by atoms with van der Waals surface area (Å²) < 4.78 is 37.6. The van der Waals surface area contributed by atoms with E-state index in [1.807, 2.05) is 0 Å². The number of non-ortho nitro benzene ring substituents is 2. The standard InChI is InChI=1S/C43H32F2N4O9/c44-33-11-1-27(2-12-33)21-41(50)46-35-15-5-31(39(23-35)29-7-17-37(18-8-29)48(53)54)25-57-43(52)58-26-32-6-16-36(47-42(51)22-28-3-13-34(45)14-4-28)24-40(32)30-9-19-38(20-10-30)49(55)56/h1-20,23-24H,21-22,25-26H2,(H,46,50)(H,47,51). The van der Waals surface area contributed by atoms with Crippen molar-refractivity contribution in [1.29, 1.82) is 0 Å². The molecule has 292 valence electrons. The van der Waals surface area contributed by atoms with Crippen molar-refractivity contribution < 1.29 is 42.5 Å². The van der Waals surface area contributed by atoms with Gasteiger partial charge in [-0.2, -0.15) is 0 Å². The molecule has 0 spiro atoms. The molecular formula is C43H32F2N4O9. The van der Waals surface area contributed by atoms with Gasteiger partial charge >= 0.3 is 6.16 Å². The Bertz CT molecular complexity index is 2310.